The number of amides is 1. The molecular weight excluding hydrogens is 514 g/mol. The van der Waals surface area contributed by atoms with Crippen molar-refractivity contribution in [3.05, 3.63) is 63.0 Å². The van der Waals surface area contributed by atoms with Gasteiger partial charge in [0.2, 0.25) is 0 Å². The zero-order chi connectivity index (χ0) is 26.5. The SMILES string of the molecule is Cc1nc2ccc(NC(=O)c3cc(F)c(-n4nc5n(c4=O)CCCC5)cc3O[C@@H](C)C(F)(F)F)cc2s1. The summed E-state index contributed by atoms with van der Waals surface area (Å²) in [6, 6.07) is 6.59. The van der Waals surface area contributed by atoms with E-state index in [4.69, 9.17) is 4.74 Å². The normalized spacial score (nSPS) is 14.4. The fourth-order valence-electron chi connectivity index (χ4n) is 4.11. The number of fused-ring (bicyclic) bond motifs is 2. The van der Waals surface area contributed by atoms with Crippen molar-refractivity contribution in [1.29, 1.82) is 0 Å². The molecule has 8 nitrogen and oxygen atoms in total. The molecule has 1 amide bonds. The van der Waals surface area contributed by atoms with Gasteiger partial charge in [0, 0.05) is 24.7 Å². The average molecular weight is 536 g/mol. The van der Waals surface area contributed by atoms with E-state index in [-0.39, 0.29) is 0 Å². The minimum atomic E-state index is -4.75. The minimum Gasteiger partial charge on any atom is -0.480 e. The Morgan fingerprint density at radius 2 is 2.00 bits per heavy atom. The largest absolute Gasteiger partial charge is 0.480 e. The van der Waals surface area contributed by atoms with Gasteiger partial charge in [-0.15, -0.1) is 16.4 Å². The third kappa shape index (κ3) is 4.82. The van der Waals surface area contributed by atoms with E-state index in [0.717, 1.165) is 51.8 Å². The van der Waals surface area contributed by atoms with Crippen LogP contribution in [0.4, 0.5) is 23.2 Å². The molecular formula is C24H21F4N5O3S. The first-order chi connectivity index (χ1) is 17.5. The van der Waals surface area contributed by atoms with Gasteiger partial charge in [0.1, 0.15) is 23.1 Å². The summed E-state index contributed by atoms with van der Waals surface area (Å²) >= 11 is 1.40. The van der Waals surface area contributed by atoms with Crippen LogP contribution in [0.2, 0.25) is 0 Å². The van der Waals surface area contributed by atoms with E-state index in [9.17, 15) is 22.8 Å². The van der Waals surface area contributed by atoms with Gasteiger partial charge in [-0.2, -0.15) is 17.9 Å². The zero-order valence-corrected chi connectivity index (χ0v) is 20.5. The lowest BCUT2D eigenvalue weighted by Crippen LogP contribution is -2.32. The summed E-state index contributed by atoms with van der Waals surface area (Å²) in [5.41, 5.74) is -0.413. The van der Waals surface area contributed by atoms with Crippen LogP contribution in [0, 0.1) is 12.7 Å². The maximum Gasteiger partial charge on any atom is 0.425 e. The second-order valence-electron chi connectivity index (χ2n) is 8.69. The molecule has 194 valence electrons. The van der Waals surface area contributed by atoms with Crippen LogP contribution >= 0.6 is 11.3 Å². The highest BCUT2D eigenvalue weighted by Gasteiger charge is 2.39. The second-order valence-corrected chi connectivity index (χ2v) is 9.93. The predicted molar refractivity (Wildman–Crippen MR) is 129 cm³/mol. The van der Waals surface area contributed by atoms with Gasteiger partial charge in [0.05, 0.1) is 20.8 Å². The van der Waals surface area contributed by atoms with Crippen molar-refractivity contribution in [3.8, 4) is 11.4 Å². The summed E-state index contributed by atoms with van der Waals surface area (Å²) in [6.45, 7) is 3.02. The first-order valence-electron chi connectivity index (χ1n) is 11.5. The average Bonchev–Trinajstić information content (AvgIpc) is 3.37. The molecule has 0 spiro atoms. The molecule has 0 fully saturated rings. The molecule has 0 aliphatic carbocycles. The summed E-state index contributed by atoms with van der Waals surface area (Å²) < 4.78 is 63.3. The van der Waals surface area contributed by atoms with Crippen molar-refractivity contribution in [1.82, 2.24) is 19.3 Å². The lowest BCUT2D eigenvalue weighted by molar-refractivity contribution is -0.189. The number of aryl methyl sites for hydroxylation is 2. The Bertz CT molecular complexity index is 1570. The van der Waals surface area contributed by atoms with Crippen LogP contribution in [0.3, 0.4) is 0 Å². The van der Waals surface area contributed by atoms with E-state index in [1.807, 2.05) is 6.92 Å². The van der Waals surface area contributed by atoms with E-state index in [1.165, 1.54) is 15.9 Å². The molecule has 13 heteroatoms. The van der Waals surface area contributed by atoms with Gasteiger partial charge in [-0.3, -0.25) is 9.36 Å². The van der Waals surface area contributed by atoms with Gasteiger partial charge < -0.3 is 10.1 Å². The number of ether oxygens (including phenoxy) is 1. The fourth-order valence-corrected chi connectivity index (χ4v) is 4.98. The number of hydrogen-bond donors (Lipinski definition) is 1. The van der Waals surface area contributed by atoms with Crippen LogP contribution in [0.25, 0.3) is 15.9 Å². The van der Waals surface area contributed by atoms with Crippen LogP contribution in [0.15, 0.2) is 35.1 Å². The van der Waals surface area contributed by atoms with E-state index in [0.29, 0.717) is 24.5 Å². The first-order valence-corrected chi connectivity index (χ1v) is 12.3. The highest BCUT2D eigenvalue weighted by molar-refractivity contribution is 7.18. The fraction of sp³-hybridized carbons (Fsp3) is 0.333. The predicted octanol–water partition coefficient (Wildman–Crippen LogP) is 5.01. The van der Waals surface area contributed by atoms with Gasteiger partial charge in [-0.1, -0.05) is 0 Å². The topological polar surface area (TPSA) is 91.0 Å². The molecule has 4 aromatic rings. The maximum atomic E-state index is 15.3. The number of nitrogens with one attached hydrogen (secondary N) is 1. The lowest BCUT2D eigenvalue weighted by atomic mass is 10.1. The van der Waals surface area contributed by atoms with Crippen molar-refractivity contribution in [2.24, 2.45) is 0 Å². The molecule has 1 aliphatic rings. The Hall–Kier alpha value is -3.74. The number of alkyl halides is 3. The molecule has 1 N–H and O–H groups in total. The van der Waals surface area contributed by atoms with Gasteiger partial charge in [0.25, 0.3) is 5.91 Å². The number of nitrogens with zero attached hydrogens (tertiary/aromatic N) is 4. The van der Waals surface area contributed by atoms with Crippen LogP contribution in [0.1, 0.15) is 41.0 Å². The van der Waals surface area contributed by atoms with Gasteiger partial charge in [-0.05, 0) is 51.0 Å². The molecule has 2 aromatic carbocycles. The maximum absolute atomic E-state index is 15.3. The number of carbonyl (C=O) groups is 1. The standard InChI is InChI=1S/C24H21F4N5O3S/c1-12(24(26,27)28)36-19-11-18(33-23(35)32-8-4-3-5-21(32)31-33)16(25)10-15(19)22(34)30-14-6-7-17-20(9-14)37-13(2)29-17/h6-7,9-12H,3-5,8H2,1-2H3,(H,30,34)/t12-/m0/s1. The van der Waals surface area contributed by atoms with Crippen LogP contribution in [-0.2, 0) is 13.0 Å². The Morgan fingerprint density at radius 3 is 2.73 bits per heavy atom. The molecule has 0 saturated carbocycles. The van der Waals surface area contributed by atoms with E-state index in [2.05, 4.69) is 15.4 Å². The Balaban J connectivity index is 1.55. The Morgan fingerprint density at radius 1 is 1.22 bits per heavy atom. The van der Waals surface area contributed by atoms with E-state index < -0.39 is 46.7 Å². The molecule has 3 heterocycles. The van der Waals surface area contributed by atoms with Gasteiger partial charge in [0.15, 0.2) is 6.10 Å². The third-order valence-corrected chi connectivity index (χ3v) is 6.94. The van der Waals surface area contributed by atoms with Gasteiger partial charge in [-0.25, -0.2) is 14.2 Å². The number of carbonyl (C=O) groups excluding carboxylic acids is 1. The number of anilines is 1. The first kappa shape index (κ1) is 24.9. The summed E-state index contributed by atoms with van der Waals surface area (Å²) in [7, 11) is 0. The van der Waals surface area contributed by atoms with Gasteiger partial charge >= 0.3 is 11.9 Å². The van der Waals surface area contributed by atoms with Crippen molar-refractivity contribution in [2.75, 3.05) is 5.32 Å². The minimum absolute atomic E-state index is 0.346. The second kappa shape index (κ2) is 9.29. The van der Waals surface area contributed by atoms with E-state index in [1.54, 1.807) is 18.2 Å². The number of benzene rings is 2. The van der Waals surface area contributed by atoms with Crippen molar-refractivity contribution in [2.45, 2.75) is 51.9 Å². The number of thiazole rings is 1. The number of aromatic nitrogens is 4. The molecule has 1 aliphatic heterocycles. The van der Waals surface area contributed by atoms with Crippen LogP contribution < -0.4 is 15.7 Å². The monoisotopic (exact) mass is 535 g/mol. The molecule has 0 unspecified atom stereocenters. The summed E-state index contributed by atoms with van der Waals surface area (Å²) in [5.74, 6) is -1.97. The number of rotatable bonds is 5. The molecule has 37 heavy (non-hydrogen) atoms. The zero-order valence-electron chi connectivity index (χ0n) is 19.7. The molecule has 2 aromatic heterocycles. The quantitative estimate of drug-likeness (QED) is 0.363. The van der Waals surface area contributed by atoms with Crippen LogP contribution in [0.5, 0.6) is 5.75 Å². The Kier molecular flexibility index (Phi) is 6.26. The van der Waals surface area contributed by atoms with Crippen LogP contribution in [-0.4, -0.2) is 37.5 Å². The molecule has 0 bridgehead atoms. The smallest absolute Gasteiger partial charge is 0.425 e. The molecule has 0 saturated heterocycles. The summed E-state index contributed by atoms with van der Waals surface area (Å²) in [4.78, 5) is 30.3. The molecule has 0 radical (unpaired) electrons. The third-order valence-electron chi connectivity index (χ3n) is 6.01. The summed E-state index contributed by atoms with van der Waals surface area (Å²) in [5, 5.41) is 7.56. The van der Waals surface area contributed by atoms with Crippen molar-refractivity contribution < 1.29 is 27.1 Å². The number of hydrogen-bond acceptors (Lipinski definition) is 6. The van der Waals surface area contributed by atoms with Crippen molar-refractivity contribution in [3.63, 3.8) is 0 Å². The lowest BCUT2D eigenvalue weighted by Gasteiger charge is -2.20. The highest BCUT2D eigenvalue weighted by Crippen LogP contribution is 2.32. The summed E-state index contributed by atoms with van der Waals surface area (Å²) in [6.07, 6.45) is -4.97. The number of halogens is 4. The van der Waals surface area contributed by atoms with Crippen molar-refractivity contribution >= 4 is 33.1 Å². The Labute approximate surface area is 211 Å². The van der Waals surface area contributed by atoms with E-state index >= 15 is 4.39 Å². The molecule has 1 atom stereocenters. The molecule has 5 rings (SSSR count). The highest BCUT2D eigenvalue weighted by atomic mass is 32.1.